The third kappa shape index (κ3) is 7.53. The van der Waals surface area contributed by atoms with Crippen LogP contribution >= 0.6 is 12.6 Å². The minimum atomic E-state index is 0.850. The molecule has 0 saturated heterocycles. The van der Waals surface area contributed by atoms with Crippen molar-refractivity contribution in [3.05, 3.63) is 252 Å². The van der Waals surface area contributed by atoms with Crippen molar-refractivity contribution >= 4 is 67.4 Å². The van der Waals surface area contributed by atoms with Crippen molar-refractivity contribution in [1.29, 1.82) is 0 Å². The summed E-state index contributed by atoms with van der Waals surface area (Å²) in [6.45, 7) is 0. The molecule has 0 amide bonds. The zero-order valence-electron chi connectivity index (χ0n) is 36.2. The van der Waals surface area contributed by atoms with Gasteiger partial charge in [-0.15, -0.1) is 0 Å². The second-order valence-corrected chi connectivity index (χ2v) is 16.7. The minimum absolute atomic E-state index is 0.850. The molecule has 0 N–H and O–H groups in total. The van der Waals surface area contributed by atoms with Crippen molar-refractivity contribution < 1.29 is 0 Å². The average Bonchev–Trinajstić information content (AvgIpc) is 3.90. The van der Waals surface area contributed by atoms with Gasteiger partial charge < -0.3 is 9.13 Å². The molecule has 0 atom stereocenters. The number of aromatic nitrogens is 2. The maximum atomic E-state index is 3.53. The second kappa shape index (κ2) is 17.4. The first kappa shape index (κ1) is 40.0. The molecule has 65 heavy (non-hydrogen) atoms. The molecule has 0 saturated carbocycles. The molecule has 0 unspecified atom stereocenters. The summed E-state index contributed by atoms with van der Waals surface area (Å²) in [5, 5.41) is 5.02. The number of fused-ring (bicyclic) bond motifs is 6. The molecule has 2 aliphatic rings. The summed E-state index contributed by atoms with van der Waals surface area (Å²) in [5.41, 5.74) is 25.7. The molecule has 2 nitrogen and oxygen atoms in total. The van der Waals surface area contributed by atoms with Gasteiger partial charge in [-0.05, 0) is 172 Å². The van der Waals surface area contributed by atoms with Crippen LogP contribution in [-0.4, -0.2) is 15.4 Å². The van der Waals surface area contributed by atoms with Gasteiger partial charge in [0.2, 0.25) is 0 Å². The summed E-state index contributed by atoms with van der Waals surface area (Å²) >= 11 is 3.53. The van der Waals surface area contributed by atoms with Gasteiger partial charge in [-0.1, -0.05) is 139 Å². The lowest BCUT2D eigenvalue weighted by Crippen LogP contribution is -1.97. The Bertz CT molecular complexity index is 3620. The normalized spacial score (nSPS) is 13.1. The van der Waals surface area contributed by atoms with Crippen molar-refractivity contribution in [3.63, 3.8) is 0 Å². The van der Waals surface area contributed by atoms with Crippen LogP contribution in [0.5, 0.6) is 0 Å². The van der Waals surface area contributed by atoms with Gasteiger partial charge in [0, 0.05) is 32.9 Å². The fourth-order valence-electron chi connectivity index (χ4n) is 9.70. The molecule has 2 heterocycles. The third-order valence-electron chi connectivity index (χ3n) is 12.9. The molecular weight excluding hydrogens is 805 g/mol. The smallest absolute Gasteiger partial charge is 0.0541 e. The molecule has 0 fully saturated rings. The van der Waals surface area contributed by atoms with Crippen molar-refractivity contribution in [2.24, 2.45) is 0 Å². The molecule has 12 rings (SSSR count). The third-order valence-corrected chi connectivity index (χ3v) is 12.9. The Morgan fingerprint density at radius 1 is 0.431 bits per heavy atom. The van der Waals surface area contributed by atoms with E-state index in [2.05, 4.69) is 240 Å². The molecule has 2 aliphatic carbocycles. The highest BCUT2D eigenvalue weighted by Gasteiger charge is 2.17. The van der Waals surface area contributed by atoms with Gasteiger partial charge in [0.05, 0.1) is 22.1 Å². The molecule has 2 aromatic heterocycles. The summed E-state index contributed by atoms with van der Waals surface area (Å²) in [4.78, 5) is 0. The van der Waals surface area contributed by atoms with Crippen molar-refractivity contribution in [1.82, 2.24) is 9.13 Å². The lowest BCUT2D eigenvalue weighted by atomic mass is 9.97. The zero-order valence-corrected chi connectivity index (χ0v) is 37.1. The summed E-state index contributed by atoms with van der Waals surface area (Å²) in [6, 6.07) is 67.3. The van der Waals surface area contributed by atoms with Crippen LogP contribution in [0, 0.1) is 0 Å². The molecule has 0 bridgehead atoms. The predicted molar refractivity (Wildman–Crippen MR) is 281 cm³/mol. The number of allylic oxidation sites excluding steroid dienone is 8. The molecule has 0 spiro atoms. The highest BCUT2D eigenvalue weighted by atomic mass is 32.1. The van der Waals surface area contributed by atoms with Gasteiger partial charge in [0.1, 0.15) is 0 Å². The highest BCUT2D eigenvalue weighted by Crippen LogP contribution is 2.39. The largest absolute Gasteiger partial charge is 0.309 e. The highest BCUT2D eigenvalue weighted by molar-refractivity contribution is 7.79. The van der Waals surface area contributed by atoms with Crippen LogP contribution in [0.3, 0.4) is 0 Å². The van der Waals surface area contributed by atoms with Crippen LogP contribution in [0.25, 0.3) is 88.4 Å². The Labute approximate surface area is 385 Å². The molecule has 10 aromatic rings. The first-order valence-electron chi connectivity index (χ1n) is 22.4. The number of rotatable bonds is 8. The summed E-state index contributed by atoms with van der Waals surface area (Å²) < 4.78 is 4.84. The van der Waals surface area contributed by atoms with E-state index < -0.39 is 0 Å². The average molecular weight is 851 g/mol. The van der Waals surface area contributed by atoms with Crippen molar-refractivity contribution in [2.45, 2.75) is 19.3 Å². The molecule has 310 valence electrons. The van der Waals surface area contributed by atoms with Gasteiger partial charge in [0.15, 0.2) is 0 Å². The summed E-state index contributed by atoms with van der Waals surface area (Å²) in [6.07, 6.45) is 17.7. The van der Waals surface area contributed by atoms with Crippen LogP contribution in [-0.2, 0) is 6.42 Å². The number of nitrogens with zero attached hydrogens (tertiary/aromatic N) is 2. The topological polar surface area (TPSA) is 9.86 Å². The molecule has 3 heteroatoms. The van der Waals surface area contributed by atoms with E-state index >= 15 is 0 Å². The first-order chi connectivity index (χ1) is 32.2. The van der Waals surface area contributed by atoms with Gasteiger partial charge in [-0.2, -0.15) is 12.6 Å². The zero-order chi connectivity index (χ0) is 43.7. The molecule has 0 aliphatic heterocycles. The van der Waals surface area contributed by atoms with Crippen LogP contribution in [0.4, 0.5) is 0 Å². The Hall–Kier alpha value is -7.77. The lowest BCUT2D eigenvalue weighted by molar-refractivity contribution is 1.04. The Kier molecular flexibility index (Phi) is 10.7. The Balaban J connectivity index is 0.00000231. The Morgan fingerprint density at radius 3 is 1.31 bits per heavy atom. The van der Waals surface area contributed by atoms with Crippen molar-refractivity contribution in [3.8, 4) is 33.6 Å². The van der Waals surface area contributed by atoms with E-state index in [0.717, 1.165) is 30.5 Å². The monoisotopic (exact) mass is 850 g/mol. The van der Waals surface area contributed by atoms with E-state index in [1.807, 2.05) is 12.2 Å². The summed E-state index contributed by atoms with van der Waals surface area (Å²) in [5.74, 6) is 0. The number of hydrogen-bond donors (Lipinski definition) is 1. The quantitative estimate of drug-likeness (QED) is 0.115. The maximum Gasteiger partial charge on any atom is 0.0541 e. The van der Waals surface area contributed by atoms with Crippen LogP contribution < -0.4 is 0 Å². The molecule has 8 aromatic carbocycles. The van der Waals surface area contributed by atoms with Gasteiger partial charge in [0.25, 0.3) is 0 Å². The van der Waals surface area contributed by atoms with E-state index in [4.69, 9.17) is 0 Å². The van der Waals surface area contributed by atoms with Gasteiger partial charge in [-0.3, -0.25) is 0 Å². The van der Waals surface area contributed by atoms with E-state index in [1.165, 1.54) is 99.4 Å². The van der Waals surface area contributed by atoms with E-state index in [9.17, 15) is 0 Å². The standard InChI is InChI=1S/C61H42N2.CH4S/c1-5-13-44(14-6-1)48-25-33-58-54(38-48)55-39-49(45-15-7-2-8-16-45)26-34-59(55)62(58)52-29-21-42(22-30-52)37-43-23-31-53(32-24-43)63-60-35-27-50(46-17-9-3-10-18-46)40-56(60)57-41-51(28-36-61(57)63)47-19-11-4-12-20-47;1-2/h1,3,5-7,9-11,13-36,38-41H,2,8,37H2;2H,1H3. The molecule has 0 radical (unpaired) electrons. The number of thiol groups is 1. The van der Waals surface area contributed by atoms with Gasteiger partial charge >= 0.3 is 0 Å². The maximum absolute atomic E-state index is 3.53. The molecular formula is C62H46N2S. The van der Waals surface area contributed by atoms with Crippen LogP contribution in [0.15, 0.2) is 230 Å². The van der Waals surface area contributed by atoms with Crippen molar-refractivity contribution in [2.75, 3.05) is 6.26 Å². The van der Waals surface area contributed by atoms with Gasteiger partial charge in [-0.25, -0.2) is 0 Å². The van der Waals surface area contributed by atoms with Crippen LogP contribution in [0.1, 0.15) is 35.1 Å². The predicted octanol–water partition coefficient (Wildman–Crippen LogP) is 16.3. The fourth-order valence-corrected chi connectivity index (χ4v) is 9.70. The van der Waals surface area contributed by atoms with E-state index in [-0.39, 0.29) is 0 Å². The lowest BCUT2D eigenvalue weighted by Gasteiger charge is -2.12. The minimum Gasteiger partial charge on any atom is -0.309 e. The summed E-state index contributed by atoms with van der Waals surface area (Å²) in [7, 11) is 0. The van der Waals surface area contributed by atoms with E-state index in [1.54, 1.807) is 6.26 Å². The Morgan fingerprint density at radius 2 is 0.877 bits per heavy atom. The number of benzene rings is 8. The number of hydrogen-bond acceptors (Lipinski definition) is 1. The second-order valence-electron chi connectivity index (χ2n) is 16.7. The fraction of sp³-hybridized carbons (Fsp3) is 0.0645. The SMILES string of the molecule is C1=C=CC(c2ccc3c(c2)c2cc(-c4ccccc4)ccc2n3-c2ccc(Cc3ccc(-n4c5ccc(C6=CCCC=C6)cc5c5cc(-c6ccccc6)ccc54)cc3)cc2)=CC=1.CS. The van der Waals surface area contributed by atoms with E-state index in [0.29, 0.717) is 0 Å². The van der Waals surface area contributed by atoms with Crippen LogP contribution in [0.2, 0.25) is 0 Å². The first-order valence-corrected chi connectivity index (χ1v) is 23.3.